The van der Waals surface area contributed by atoms with Crippen LogP contribution in [0, 0.1) is 11.8 Å². The number of nitrogens with two attached hydrogens (primary N) is 2. The lowest BCUT2D eigenvalue weighted by Crippen LogP contribution is -2.57. The number of nitrogens with zero attached hydrogens (tertiary/aromatic N) is 1. The highest BCUT2D eigenvalue weighted by Gasteiger charge is 2.39. The van der Waals surface area contributed by atoms with E-state index in [1.807, 2.05) is 6.92 Å². The second kappa shape index (κ2) is 7.99. The monoisotopic (exact) mass is 283 g/mol. The van der Waals surface area contributed by atoms with Crippen LogP contribution in [-0.4, -0.2) is 36.0 Å². The summed E-state index contributed by atoms with van der Waals surface area (Å²) in [6, 6.07) is 0. The molecule has 0 aromatic rings. The molecule has 1 atom stereocenters. The van der Waals surface area contributed by atoms with E-state index in [2.05, 4.69) is 18.7 Å². The lowest BCUT2D eigenvalue weighted by Gasteiger charge is -2.48. The maximum Gasteiger partial charge on any atom is 0.221 e. The van der Waals surface area contributed by atoms with Crippen LogP contribution in [0.4, 0.5) is 0 Å². The van der Waals surface area contributed by atoms with Gasteiger partial charge in [-0.2, -0.15) is 0 Å². The second-order valence-electron chi connectivity index (χ2n) is 6.53. The Balaban J connectivity index is 2.78. The summed E-state index contributed by atoms with van der Waals surface area (Å²) < 4.78 is 0. The highest BCUT2D eigenvalue weighted by Crippen LogP contribution is 2.37. The zero-order valence-corrected chi connectivity index (χ0v) is 13.5. The van der Waals surface area contributed by atoms with Gasteiger partial charge in [-0.15, -0.1) is 0 Å². The SMILES string of the molecule is CCCN(CC(C)C(N)=O)C1(CN)CCC(CC)CC1. The van der Waals surface area contributed by atoms with Gasteiger partial charge in [0.25, 0.3) is 0 Å². The third-order valence-electron chi connectivity index (χ3n) is 5.14. The van der Waals surface area contributed by atoms with Gasteiger partial charge in [-0.3, -0.25) is 9.69 Å². The first-order valence-corrected chi connectivity index (χ1v) is 8.23. The molecule has 1 aliphatic carbocycles. The Morgan fingerprint density at radius 2 is 1.95 bits per heavy atom. The van der Waals surface area contributed by atoms with Crippen LogP contribution in [0.15, 0.2) is 0 Å². The van der Waals surface area contributed by atoms with Crippen molar-refractivity contribution in [1.29, 1.82) is 0 Å². The van der Waals surface area contributed by atoms with Gasteiger partial charge in [-0.1, -0.05) is 27.2 Å². The Bertz CT molecular complexity index is 298. The molecule has 1 unspecified atom stereocenters. The molecular formula is C16H33N3O. The first kappa shape index (κ1) is 17.4. The van der Waals surface area contributed by atoms with Crippen LogP contribution >= 0.6 is 0 Å². The van der Waals surface area contributed by atoms with E-state index in [1.54, 1.807) is 0 Å². The molecule has 0 saturated heterocycles. The number of hydrogen-bond acceptors (Lipinski definition) is 3. The largest absolute Gasteiger partial charge is 0.369 e. The number of carbonyl (C=O) groups is 1. The van der Waals surface area contributed by atoms with Crippen molar-refractivity contribution in [2.75, 3.05) is 19.6 Å². The van der Waals surface area contributed by atoms with Crippen molar-refractivity contribution >= 4 is 5.91 Å². The molecule has 0 radical (unpaired) electrons. The van der Waals surface area contributed by atoms with Crippen molar-refractivity contribution in [1.82, 2.24) is 4.90 Å². The molecule has 4 nitrogen and oxygen atoms in total. The Morgan fingerprint density at radius 1 is 1.35 bits per heavy atom. The maximum absolute atomic E-state index is 11.4. The molecule has 0 bridgehead atoms. The normalized spacial score (nSPS) is 28.6. The number of primary amides is 1. The molecule has 0 heterocycles. The van der Waals surface area contributed by atoms with E-state index in [4.69, 9.17) is 11.5 Å². The minimum atomic E-state index is -0.208. The zero-order valence-electron chi connectivity index (χ0n) is 13.5. The summed E-state index contributed by atoms with van der Waals surface area (Å²) >= 11 is 0. The van der Waals surface area contributed by atoms with Crippen LogP contribution < -0.4 is 11.5 Å². The van der Waals surface area contributed by atoms with E-state index < -0.39 is 0 Å². The van der Waals surface area contributed by atoms with E-state index in [9.17, 15) is 4.79 Å². The molecule has 1 rings (SSSR count). The number of amides is 1. The van der Waals surface area contributed by atoms with E-state index in [-0.39, 0.29) is 17.4 Å². The molecule has 4 heteroatoms. The van der Waals surface area contributed by atoms with Crippen molar-refractivity contribution < 1.29 is 4.79 Å². The third kappa shape index (κ3) is 4.19. The third-order valence-corrected chi connectivity index (χ3v) is 5.14. The van der Waals surface area contributed by atoms with Gasteiger partial charge in [0, 0.05) is 24.5 Å². The molecule has 1 fully saturated rings. The Kier molecular flexibility index (Phi) is 6.96. The average Bonchev–Trinajstić information content (AvgIpc) is 2.46. The molecule has 1 aliphatic rings. The van der Waals surface area contributed by atoms with Crippen molar-refractivity contribution in [2.24, 2.45) is 23.3 Å². The van der Waals surface area contributed by atoms with E-state index in [1.165, 1.54) is 19.3 Å². The number of carbonyl (C=O) groups excluding carboxylic acids is 1. The van der Waals surface area contributed by atoms with Crippen LogP contribution in [0.2, 0.25) is 0 Å². The molecular weight excluding hydrogens is 250 g/mol. The van der Waals surface area contributed by atoms with Crippen molar-refractivity contribution in [3.8, 4) is 0 Å². The standard InChI is InChI=1S/C16H33N3O/c1-4-10-19(11-13(3)15(18)20)16(12-17)8-6-14(5-2)7-9-16/h13-14H,4-12,17H2,1-3H3,(H2,18,20). The quantitative estimate of drug-likeness (QED) is 0.716. The number of rotatable bonds is 8. The van der Waals surface area contributed by atoms with Gasteiger partial charge in [-0.05, 0) is 44.6 Å². The molecule has 0 aromatic carbocycles. The highest BCUT2D eigenvalue weighted by atomic mass is 16.1. The van der Waals surface area contributed by atoms with Gasteiger partial charge in [0.15, 0.2) is 0 Å². The fourth-order valence-electron chi connectivity index (χ4n) is 3.49. The predicted octanol–water partition coefficient (Wildman–Crippen LogP) is 2.12. The van der Waals surface area contributed by atoms with Crippen molar-refractivity contribution in [3.63, 3.8) is 0 Å². The Labute approximate surface area is 124 Å². The van der Waals surface area contributed by atoms with Gasteiger partial charge in [0.1, 0.15) is 0 Å². The molecule has 0 aromatic heterocycles. The van der Waals surface area contributed by atoms with E-state index >= 15 is 0 Å². The first-order chi connectivity index (χ1) is 9.49. The molecule has 20 heavy (non-hydrogen) atoms. The summed E-state index contributed by atoms with van der Waals surface area (Å²) in [5, 5.41) is 0. The summed E-state index contributed by atoms with van der Waals surface area (Å²) in [5.41, 5.74) is 11.7. The predicted molar refractivity (Wildman–Crippen MR) is 84.3 cm³/mol. The van der Waals surface area contributed by atoms with Crippen LogP contribution in [-0.2, 0) is 4.79 Å². The molecule has 1 amide bonds. The van der Waals surface area contributed by atoms with Gasteiger partial charge in [-0.25, -0.2) is 0 Å². The lowest BCUT2D eigenvalue weighted by molar-refractivity contribution is -0.122. The van der Waals surface area contributed by atoms with E-state index in [0.29, 0.717) is 6.54 Å². The van der Waals surface area contributed by atoms with Crippen molar-refractivity contribution in [3.05, 3.63) is 0 Å². The average molecular weight is 283 g/mol. The van der Waals surface area contributed by atoms with Gasteiger partial charge >= 0.3 is 0 Å². The smallest absolute Gasteiger partial charge is 0.221 e. The summed E-state index contributed by atoms with van der Waals surface area (Å²) in [6.45, 7) is 8.83. The topological polar surface area (TPSA) is 72.3 Å². The Hall–Kier alpha value is -0.610. The first-order valence-electron chi connectivity index (χ1n) is 8.23. The summed E-state index contributed by atoms with van der Waals surface area (Å²) in [4.78, 5) is 13.8. The van der Waals surface area contributed by atoms with Gasteiger partial charge in [0.05, 0.1) is 0 Å². The number of hydrogen-bond donors (Lipinski definition) is 2. The highest BCUT2D eigenvalue weighted by molar-refractivity contribution is 5.76. The molecule has 0 spiro atoms. The second-order valence-corrected chi connectivity index (χ2v) is 6.53. The fourth-order valence-corrected chi connectivity index (χ4v) is 3.49. The zero-order chi connectivity index (χ0) is 15.2. The van der Waals surface area contributed by atoms with Crippen LogP contribution in [0.25, 0.3) is 0 Å². The van der Waals surface area contributed by atoms with Crippen molar-refractivity contribution in [2.45, 2.75) is 64.8 Å². The Morgan fingerprint density at radius 3 is 2.35 bits per heavy atom. The molecule has 0 aliphatic heterocycles. The van der Waals surface area contributed by atoms with Crippen LogP contribution in [0.1, 0.15) is 59.3 Å². The summed E-state index contributed by atoms with van der Waals surface area (Å²) in [6.07, 6.45) is 7.20. The minimum Gasteiger partial charge on any atom is -0.369 e. The fraction of sp³-hybridized carbons (Fsp3) is 0.938. The summed E-state index contributed by atoms with van der Waals surface area (Å²) in [7, 11) is 0. The van der Waals surface area contributed by atoms with Crippen LogP contribution in [0.3, 0.4) is 0 Å². The molecule has 1 saturated carbocycles. The molecule has 4 N–H and O–H groups in total. The molecule has 118 valence electrons. The van der Waals surface area contributed by atoms with E-state index in [0.717, 1.165) is 38.3 Å². The maximum atomic E-state index is 11.4. The van der Waals surface area contributed by atoms with Gasteiger partial charge in [0.2, 0.25) is 5.91 Å². The van der Waals surface area contributed by atoms with Gasteiger partial charge < -0.3 is 11.5 Å². The van der Waals surface area contributed by atoms with Crippen LogP contribution in [0.5, 0.6) is 0 Å². The minimum absolute atomic E-state index is 0.0887. The lowest BCUT2D eigenvalue weighted by atomic mass is 9.74. The summed E-state index contributed by atoms with van der Waals surface area (Å²) in [5.74, 6) is 0.543.